The molecule has 4 aromatic carbocycles. The van der Waals surface area contributed by atoms with E-state index in [-0.39, 0.29) is 9.79 Å². The van der Waals surface area contributed by atoms with Crippen molar-refractivity contribution in [2.45, 2.75) is 29.7 Å². The summed E-state index contributed by atoms with van der Waals surface area (Å²) in [6.45, 7) is 3.12. The second kappa shape index (κ2) is 11.9. The lowest BCUT2D eigenvalue weighted by Crippen LogP contribution is -2.41. The summed E-state index contributed by atoms with van der Waals surface area (Å²) in [6.07, 6.45) is 1.12. The van der Waals surface area contributed by atoms with Crippen LogP contribution in [0.2, 0.25) is 0 Å². The molecule has 0 saturated carbocycles. The van der Waals surface area contributed by atoms with Crippen LogP contribution in [0, 0.1) is 6.92 Å². The average Bonchev–Trinajstić information content (AvgIpc) is 2.92. The molecule has 208 valence electrons. The van der Waals surface area contributed by atoms with Crippen molar-refractivity contribution in [2.75, 3.05) is 17.1 Å². The summed E-state index contributed by atoms with van der Waals surface area (Å²) in [7, 11) is -7.45. The first kappa shape index (κ1) is 28.8. The molecule has 0 saturated heterocycles. The lowest BCUT2D eigenvalue weighted by atomic mass is 10.1. The van der Waals surface area contributed by atoms with Gasteiger partial charge in [0.25, 0.3) is 10.0 Å². The number of carbonyl (C=O) groups is 1. The molecule has 0 aliphatic carbocycles. The van der Waals surface area contributed by atoms with Crippen molar-refractivity contribution in [3.8, 4) is 11.5 Å². The first-order valence-electron chi connectivity index (χ1n) is 12.5. The molecule has 10 heteroatoms. The number of ether oxygens (including phenoxy) is 1. The Balaban J connectivity index is 1.58. The molecular weight excluding hydrogens is 548 g/mol. The van der Waals surface area contributed by atoms with Gasteiger partial charge in [0, 0.05) is 6.26 Å². The van der Waals surface area contributed by atoms with E-state index in [0.717, 1.165) is 16.1 Å². The Morgan fingerprint density at radius 1 is 0.775 bits per heavy atom. The average molecular weight is 579 g/mol. The van der Waals surface area contributed by atoms with Crippen molar-refractivity contribution < 1.29 is 26.4 Å². The molecular formula is C30H30N2O6S2. The van der Waals surface area contributed by atoms with E-state index < -0.39 is 38.4 Å². The maximum absolute atomic E-state index is 13.7. The third kappa shape index (κ3) is 7.08. The number of rotatable bonds is 10. The molecule has 4 rings (SSSR count). The molecule has 0 heterocycles. The van der Waals surface area contributed by atoms with E-state index in [4.69, 9.17) is 4.74 Å². The predicted molar refractivity (Wildman–Crippen MR) is 155 cm³/mol. The number of sulfonamides is 1. The molecule has 0 radical (unpaired) electrons. The van der Waals surface area contributed by atoms with Crippen LogP contribution in [0.25, 0.3) is 0 Å². The summed E-state index contributed by atoms with van der Waals surface area (Å²) in [5.41, 5.74) is 1.87. The van der Waals surface area contributed by atoms with Crippen LogP contribution in [0.15, 0.2) is 113 Å². The van der Waals surface area contributed by atoms with Gasteiger partial charge in [0.15, 0.2) is 9.84 Å². The molecule has 1 N–H and O–H groups in total. The summed E-state index contributed by atoms with van der Waals surface area (Å²) in [5.74, 6) is 0.621. The zero-order valence-electron chi connectivity index (χ0n) is 22.3. The summed E-state index contributed by atoms with van der Waals surface area (Å²) >= 11 is 0. The molecule has 0 fully saturated rings. The van der Waals surface area contributed by atoms with Crippen molar-refractivity contribution >= 4 is 31.5 Å². The van der Waals surface area contributed by atoms with Gasteiger partial charge in [-0.3, -0.25) is 9.10 Å². The minimum Gasteiger partial charge on any atom is -0.457 e. The van der Waals surface area contributed by atoms with Gasteiger partial charge in [0.1, 0.15) is 18.0 Å². The molecule has 1 amide bonds. The lowest BCUT2D eigenvalue weighted by Gasteiger charge is -2.25. The van der Waals surface area contributed by atoms with Crippen molar-refractivity contribution in [2.24, 2.45) is 0 Å². The lowest BCUT2D eigenvalue weighted by molar-refractivity contribution is -0.120. The Morgan fingerprint density at radius 3 is 1.90 bits per heavy atom. The highest BCUT2D eigenvalue weighted by Crippen LogP contribution is 2.28. The number of carbonyl (C=O) groups excluding carboxylic acids is 1. The minimum atomic E-state index is -4.10. The van der Waals surface area contributed by atoms with Gasteiger partial charge in [-0.05, 0) is 80.1 Å². The Labute approximate surface area is 235 Å². The summed E-state index contributed by atoms with van der Waals surface area (Å²) in [5, 5.41) is 2.81. The fraction of sp³-hybridized carbons (Fsp3) is 0.167. The molecule has 0 aliphatic heterocycles. The fourth-order valence-electron chi connectivity index (χ4n) is 3.96. The van der Waals surface area contributed by atoms with E-state index in [9.17, 15) is 21.6 Å². The number of hydrogen-bond acceptors (Lipinski definition) is 6. The van der Waals surface area contributed by atoms with Gasteiger partial charge < -0.3 is 10.1 Å². The molecule has 0 aliphatic rings. The quantitative estimate of drug-likeness (QED) is 0.275. The van der Waals surface area contributed by atoms with E-state index in [1.54, 1.807) is 55.5 Å². The van der Waals surface area contributed by atoms with E-state index in [0.29, 0.717) is 22.7 Å². The van der Waals surface area contributed by atoms with Crippen LogP contribution < -0.4 is 14.4 Å². The number of sulfone groups is 1. The standard InChI is InChI=1S/C30H30N2O6S2/c1-22-9-17-29(18-10-22)40(36,37)32(25-13-15-27(16-14-25)38-26-7-5-4-6-8-26)21-30(33)31-23(2)24-11-19-28(20-12-24)39(3,34)35/h4-20,23H,21H2,1-3H3,(H,31,33)/t23-/m0/s1. The van der Waals surface area contributed by atoms with Crippen LogP contribution in [-0.4, -0.2) is 35.5 Å². The smallest absolute Gasteiger partial charge is 0.264 e. The van der Waals surface area contributed by atoms with Gasteiger partial charge in [0.2, 0.25) is 5.91 Å². The highest BCUT2D eigenvalue weighted by atomic mass is 32.2. The van der Waals surface area contributed by atoms with Gasteiger partial charge in [-0.25, -0.2) is 16.8 Å². The van der Waals surface area contributed by atoms with Crippen molar-refractivity contribution in [3.05, 3.63) is 114 Å². The van der Waals surface area contributed by atoms with Crippen LogP contribution in [0.4, 0.5) is 5.69 Å². The monoisotopic (exact) mass is 578 g/mol. The van der Waals surface area contributed by atoms with Crippen LogP contribution in [0.3, 0.4) is 0 Å². The molecule has 0 spiro atoms. The second-order valence-corrected chi connectivity index (χ2v) is 13.2. The Morgan fingerprint density at radius 2 is 1.32 bits per heavy atom. The normalized spacial score (nSPS) is 12.4. The summed E-state index contributed by atoms with van der Waals surface area (Å²) < 4.78 is 57.8. The van der Waals surface area contributed by atoms with Gasteiger partial charge in [-0.1, -0.05) is 48.0 Å². The maximum Gasteiger partial charge on any atom is 0.264 e. The molecule has 8 nitrogen and oxygen atoms in total. The molecule has 0 unspecified atom stereocenters. The second-order valence-electron chi connectivity index (χ2n) is 9.36. The Hall–Kier alpha value is -4.15. The maximum atomic E-state index is 13.7. The van der Waals surface area contributed by atoms with Gasteiger partial charge >= 0.3 is 0 Å². The molecule has 0 aromatic heterocycles. The minimum absolute atomic E-state index is 0.0555. The third-order valence-corrected chi connectivity index (χ3v) is 9.10. The number of benzene rings is 4. The number of nitrogens with one attached hydrogen (secondary N) is 1. The van der Waals surface area contributed by atoms with Crippen molar-refractivity contribution in [1.29, 1.82) is 0 Å². The van der Waals surface area contributed by atoms with Gasteiger partial charge in [-0.2, -0.15) is 0 Å². The predicted octanol–water partition coefficient (Wildman–Crippen LogP) is 5.26. The van der Waals surface area contributed by atoms with E-state index >= 15 is 0 Å². The topological polar surface area (TPSA) is 110 Å². The van der Waals surface area contributed by atoms with Gasteiger partial charge in [0.05, 0.1) is 21.5 Å². The zero-order valence-corrected chi connectivity index (χ0v) is 23.9. The Kier molecular flexibility index (Phi) is 8.61. The highest BCUT2D eigenvalue weighted by molar-refractivity contribution is 7.93. The first-order chi connectivity index (χ1) is 18.9. The molecule has 0 bridgehead atoms. The van der Waals surface area contributed by atoms with E-state index in [1.165, 1.54) is 24.3 Å². The summed E-state index contributed by atoms with van der Waals surface area (Å²) in [6, 6.07) is 27.7. The highest BCUT2D eigenvalue weighted by Gasteiger charge is 2.28. The van der Waals surface area contributed by atoms with Crippen LogP contribution in [0.5, 0.6) is 11.5 Å². The number of hydrogen-bond donors (Lipinski definition) is 1. The SMILES string of the molecule is Cc1ccc(S(=O)(=O)N(CC(=O)N[C@@H](C)c2ccc(S(C)(=O)=O)cc2)c2ccc(Oc3ccccc3)cc2)cc1. The largest absolute Gasteiger partial charge is 0.457 e. The third-order valence-electron chi connectivity index (χ3n) is 6.19. The van der Waals surface area contributed by atoms with E-state index in [2.05, 4.69) is 5.32 Å². The fourth-order valence-corrected chi connectivity index (χ4v) is 6.01. The number of nitrogens with zero attached hydrogens (tertiary/aromatic N) is 1. The number of aryl methyl sites for hydroxylation is 1. The zero-order chi connectivity index (χ0) is 28.9. The number of para-hydroxylation sites is 1. The van der Waals surface area contributed by atoms with E-state index in [1.807, 2.05) is 37.3 Å². The molecule has 40 heavy (non-hydrogen) atoms. The molecule has 1 atom stereocenters. The summed E-state index contributed by atoms with van der Waals surface area (Å²) in [4.78, 5) is 13.4. The number of amides is 1. The number of anilines is 1. The first-order valence-corrected chi connectivity index (χ1v) is 15.8. The van der Waals surface area contributed by atoms with Crippen LogP contribution in [-0.2, 0) is 24.7 Å². The Bertz CT molecular complexity index is 1670. The van der Waals surface area contributed by atoms with Crippen molar-refractivity contribution in [1.82, 2.24) is 5.32 Å². The van der Waals surface area contributed by atoms with Crippen molar-refractivity contribution in [3.63, 3.8) is 0 Å². The van der Waals surface area contributed by atoms with Crippen LogP contribution >= 0.6 is 0 Å². The van der Waals surface area contributed by atoms with Gasteiger partial charge in [-0.15, -0.1) is 0 Å². The van der Waals surface area contributed by atoms with Crippen LogP contribution in [0.1, 0.15) is 24.1 Å². The molecule has 4 aromatic rings.